The van der Waals surface area contributed by atoms with Gasteiger partial charge in [-0.05, 0) is 27.2 Å². The Labute approximate surface area is 97.3 Å². The first kappa shape index (κ1) is 14.7. The molecule has 0 fully saturated rings. The van der Waals surface area contributed by atoms with Crippen LogP contribution in [0.4, 0.5) is 0 Å². The summed E-state index contributed by atoms with van der Waals surface area (Å²) in [6.07, 6.45) is 2.67. The van der Waals surface area contributed by atoms with Crippen LogP contribution in [-0.2, 0) is 14.3 Å². The molecule has 0 aliphatic carbocycles. The monoisotopic (exact) mass is 227 g/mol. The van der Waals surface area contributed by atoms with Crippen LogP contribution in [0, 0.1) is 0 Å². The van der Waals surface area contributed by atoms with Gasteiger partial charge in [0.05, 0.1) is 6.61 Å². The standard InChI is InChI=1S/C12H21NO3/c1-5-8-10(4)12(15)13(6-2)9-11(14)16-7-3/h8H,5-7,9H2,1-4H3/b10-8+. The Bertz CT molecular complexity index is 271. The van der Waals surface area contributed by atoms with Crippen LogP contribution in [0.3, 0.4) is 0 Å². The molecule has 0 aliphatic heterocycles. The lowest BCUT2D eigenvalue weighted by Crippen LogP contribution is -2.36. The number of hydrogen-bond acceptors (Lipinski definition) is 3. The molecular formula is C12H21NO3. The van der Waals surface area contributed by atoms with Crippen molar-refractivity contribution < 1.29 is 14.3 Å². The third kappa shape index (κ3) is 4.96. The fourth-order valence-corrected chi connectivity index (χ4v) is 1.33. The Hall–Kier alpha value is -1.32. The molecule has 92 valence electrons. The van der Waals surface area contributed by atoms with Gasteiger partial charge < -0.3 is 9.64 Å². The molecule has 0 spiro atoms. The van der Waals surface area contributed by atoms with Crippen molar-refractivity contribution in [2.24, 2.45) is 0 Å². The van der Waals surface area contributed by atoms with Crippen molar-refractivity contribution in [3.8, 4) is 0 Å². The molecule has 0 saturated heterocycles. The average Bonchev–Trinajstić information content (AvgIpc) is 2.25. The number of carbonyl (C=O) groups excluding carboxylic acids is 2. The molecule has 0 heterocycles. The molecule has 0 aromatic rings. The molecule has 0 aliphatic rings. The predicted molar refractivity (Wildman–Crippen MR) is 62.9 cm³/mol. The van der Waals surface area contributed by atoms with Gasteiger partial charge in [-0.15, -0.1) is 0 Å². The molecule has 0 rings (SSSR count). The molecule has 1 amide bonds. The number of ether oxygens (including phenoxy) is 1. The van der Waals surface area contributed by atoms with Gasteiger partial charge in [0, 0.05) is 12.1 Å². The molecule has 0 unspecified atom stereocenters. The van der Waals surface area contributed by atoms with Gasteiger partial charge in [-0.25, -0.2) is 0 Å². The van der Waals surface area contributed by atoms with E-state index in [0.29, 0.717) is 18.7 Å². The van der Waals surface area contributed by atoms with Crippen LogP contribution in [0.15, 0.2) is 11.6 Å². The first-order valence-corrected chi connectivity index (χ1v) is 5.68. The van der Waals surface area contributed by atoms with Gasteiger partial charge in [0.1, 0.15) is 6.54 Å². The zero-order valence-electron chi connectivity index (χ0n) is 10.6. The van der Waals surface area contributed by atoms with Crippen molar-refractivity contribution in [1.29, 1.82) is 0 Å². The molecule has 0 N–H and O–H groups in total. The van der Waals surface area contributed by atoms with Crippen LogP contribution in [0.5, 0.6) is 0 Å². The van der Waals surface area contributed by atoms with Crippen LogP contribution < -0.4 is 0 Å². The minimum absolute atomic E-state index is 0.0259. The number of esters is 1. The third-order valence-electron chi connectivity index (χ3n) is 2.14. The quantitative estimate of drug-likeness (QED) is 0.513. The number of amides is 1. The summed E-state index contributed by atoms with van der Waals surface area (Å²) in [6.45, 7) is 8.20. The van der Waals surface area contributed by atoms with Crippen LogP contribution in [0.1, 0.15) is 34.1 Å². The van der Waals surface area contributed by atoms with Crippen molar-refractivity contribution in [2.45, 2.75) is 34.1 Å². The van der Waals surface area contributed by atoms with E-state index in [1.807, 2.05) is 19.9 Å². The third-order valence-corrected chi connectivity index (χ3v) is 2.14. The van der Waals surface area contributed by atoms with Gasteiger partial charge in [0.2, 0.25) is 5.91 Å². The van der Waals surface area contributed by atoms with Crippen LogP contribution >= 0.6 is 0 Å². The predicted octanol–water partition coefficient (Wildman–Crippen LogP) is 1.75. The van der Waals surface area contributed by atoms with Crippen LogP contribution in [0.25, 0.3) is 0 Å². The maximum absolute atomic E-state index is 11.9. The van der Waals surface area contributed by atoms with Crippen molar-refractivity contribution >= 4 is 11.9 Å². The van der Waals surface area contributed by atoms with Gasteiger partial charge >= 0.3 is 5.97 Å². The first-order chi connectivity index (χ1) is 7.56. The van der Waals surface area contributed by atoms with Gasteiger partial charge in [-0.3, -0.25) is 9.59 Å². The molecule has 4 nitrogen and oxygen atoms in total. The van der Waals surface area contributed by atoms with E-state index in [-0.39, 0.29) is 18.4 Å². The summed E-state index contributed by atoms with van der Waals surface area (Å²) < 4.78 is 4.81. The highest BCUT2D eigenvalue weighted by molar-refractivity contribution is 5.94. The second-order valence-corrected chi connectivity index (χ2v) is 3.42. The highest BCUT2D eigenvalue weighted by atomic mass is 16.5. The lowest BCUT2D eigenvalue weighted by Gasteiger charge is -2.20. The molecule has 16 heavy (non-hydrogen) atoms. The van der Waals surface area contributed by atoms with E-state index < -0.39 is 0 Å². The molecule has 4 heteroatoms. The zero-order valence-corrected chi connectivity index (χ0v) is 10.6. The summed E-state index contributed by atoms with van der Waals surface area (Å²) in [5.74, 6) is -0.459. The fraction of sp³-hybridized carbons (Fsp3) is 0.667. The molecule has 0 radical (unpaired) electrons. The normalized spacial score (nSPS) is 11.1. The summed E-state index contributed by atoms with van der Waals surface area (Å²) in [5.41, 5.74) is 0.675. The number of allylic oxidation sites excluding steroid dienone is 1. The molecular weight excluding hydrogens is 206 g/mol. The van der Waals surface area contributed by atoms with E-state index in [9.17, 15) is 9.59 Å². The Morgan fingerprint density at radius 1 is 1.25 bits per heavy atom. The Balaban J connectivity index is 4.44. The summed E-state index contributed by atoms with van der Waals surface area (Å²) in [6, 6.07) is 0. The summed E-state index contributed by atoms with van der Waals surface area (Å²) in [5, 5.41) is 0. The topological polar surface area (TPSA) is 46.6 Å². The van der Waals surface area contributed by atoms with Crippen LogP contribution in [0.2, 0.25) is 0 Å². The van der Waals surface area contributed by atoms with Crippen LogP contribution in [-0.4, -0.2) is 36.5 Å². The number of nitrogens with zero attached hydrogens (tertiary/aromatic N) is 1. The first-order valence-electron chi connectivity index (χ1n) is 5.68. The van der Waals surface area contributed by atoms with E-state index in [1.54, 1.807) is 13.8 Å². The highest BCUT2D eigenvalue weighted by Crippen LogP contribution is 2.03. The van der Waals surface area contributed by atoms with Gasteiger partial charge in [0.15, 0.2) is 0 Å². The number of hydrogen-bond donors (Lipinski definition) is 0. The van der Waals surface area contributed by atoms with Crippen molar-refractivity contribution in [3.63, 3.8) is 0 Å². The second kappa shape index (κ2) is 7.91. The Kier molecular flexibility index (Phi) is 7.25. The molecule has 0 aromatic carbocycles. The maximum Gasteiger partial charge on any atom is 0.325 e. The molecule has 0 atom stereocenters. The fourth-order valence-electron chi connectivity index (χ4n) is 1.33. The van der Waals surface area contributed by atoms with Gasteiger partial charge in [-0.2, -0.15) is 0 Å². The number of carbonyl (C=O) groups is 2. The summed E-state index contributed by atoms with van der Waals surface area (Å²) in [4.78, 5) is 24.6. The van der Waals surface area contributed by atoms with E-state index >= 15 is 0 Å². The lowest BCUT2D eigenvalue weighted by atomic mass is 10.2. The molecule has 0 saturated carbocycles. The molecule has 0 bridgehead atoms. The molecule has 0 aromatic heterocycles. The minimum Gasteiger partial charge on any atom is -0.465 e. The summed E-state index contributed by atoms with van der Waals surface area (Å²) >= 11 is 0. The largest absolute Gasteiger partial charge is 0.465 e. The van der Waals surface area contributed by atoms with Gasteiger partial charge in [-0.1, -0.05) is 13.0 Å². The second-order valence-electron chi connectivity index (χ2n) is 3.42. The minimum atomic E-state index is -0.359. The maximum atomic E-state index is 11.9. The smallest absolute Gasteiger partial charge is 0.325 e. The lowest BCUT2D eigenvalue weighted by molar-refractivity contribution is -0.147. The summed E-state index contributed by atoms with van der Waals surface area (Å²) in [7, 11) is 0. The van der Waals surface area contributed by atoms with Crippen molar-refractivity contribution in [2.75, 3.05) is 19.7 Å². The highest BCUT2D eigenvalue weighted by Gasteiger charge is 2.16. The Morgan fingerprint density at radius 2 is 1.88 bits per heavy atom. The van der Waals surface area contributed by atoms with Gasteiger partial charge in [0.25, 0.3) is 0 Å². The van der Waals surface area contributed by atoms with E-state index in [4.69, 9.17) is 4.74 Å². The van der Waals surface area contributed by atoms with E-state index in [0.717, 1.165) is 6.42 Å². The van der Waals surface area contributed by atoms with Crippen molar-refractivity contribution in [3.05, 3.63) is 11.6 Å². The zero-order chi connectivity index (χ0) is 12.6. The average molecular weight is 227 g/mol. The number of likely N-dealkylation sites (N-methyl/N-ethyl adjacent to an activating group) is 1. The SMILES string of the molecule is CC/C=C(\C)C(=O)N(CC)CC(=O)OCC. The van der Waals surface area contributed by atoms with E-state index in [1.165, 1.54) is 4.90 Å². The number of rotatable bonds is 6. The van der Waals surface area contributed by atoms with E-state index in [2.05, 4.69) is 0 Å². The Morgan fingerprint density at radius 3 is 2.31 bits per heavy atom. The van der Waals surface area contributed by atoms with Crippen molar-refractivity contribution in [1.82, 2.24) is 4.90 Å².